The molecule has 1 atom stereocenters. The van der Waals surface area contributed by atoms with Crippen molar-refractivity contribution in [3.63, 3.8) is 0 Å². The average Bonchev–Trinajstić information content (AvgIpc) is 2.85. The summed E-state index contributed by atoms with van der Waals surface area (Å²) in [5.41, 5.74) is 8.08. The number of aromatic nitrogens is 2. The molecule has 21 heavy (non-hydrogen) atoms. The quantitative estimate of drug-likeness (QED) is 0.811. The lowest BCUT2D eigenvalue weighted by Crippen LogP contribution is -2.28. The molecule has 0 spiro atoms. The molecule has 0 aliphatic carbocycles. The van der Waals surface area contributed by atoms with Gasteiger partial charge >= 0.3 is 0 Å². The Kier molecular flexibility index (Phi) is 5.76. The molecule has 2 N–H and O–H groups in total. The van der Waals surface area contributed by atoms with Crippen LogP contribution in [-0.4, -0.2) is 34.6 Å². The van der Waals surface area contributed by atoms with Crippen LogP contribution in [-0.2, 0) is 6.54 Å². The molecule has 0 radical (unpaired) electrons. The smallest absolute Gasteiger partial charge is 0.127 e. The van der Waals surface area contributed by atoms with Crippen molar-refractivity contribution in [3.05, 3.63) is 30.1 Å². The zero-order chi connectivity index (χ0) is 15.2. The first-order chi connectivity index (χ1) is 10.2. The van der Waals surface area contributed by atoms with Gasteiger partial charge in [-0.1, -0.05) is 32.4 Å². The molecule has 0 amide bonds. The molecule has 0 saturated carbocycles. The van der Waals surface area contributed by atoms with Gasteiger partial charge in [-0.25, -0.2) is 4.98 Å². The molecule has 4 heteroatoms. The van der Waals surface area contributed by atoms with E-state index in [2.05, 4.69) is 48.6 Å². The number of hydrogen-bond acceptors (Lipinski definition) is 3. The van der Waals surface area contributed by atoms with Crippen molar-refractivity contribution in [1.29, 1.82) is 0 Å². The van der Waals surface area contributed by atoms with Crippen molar-refractivity contribution in [3.8, 4) is 0 Å². The largest absolute Gasteiger partial charge is 0.329 e. The van der Waals surface area contributed by atoms with Gasteiger partial charge < -0.3 is 10.3 Å². The Hall–Kier alpha value is -1.39. The van der Waals surface area contributed by atoms with E-state index in [-0.39, 0.29) is 0 Å². The maximum absolute atomic E-state index is 5.82. The predicted octanol–water partition coefficient (Wildman–Crippen LogP) is 3.18. The van der Waals surface area contributed by atoms with Crippen molar-refractivity contribution in [1.82, 2.24) is 14.5 Å². The van der Waals surface area contributed by atoms with Gasteiger partial charge in [0, 0.05) is 13.1 Å². The predicted molar refractivity (Wildman–Crippen MR) is 89.4 cm³/mol. The summed E-state index contributed by atoms with van der Waals surface area (Å²) in [6, 6.07) is 8.71. The topological polar surface area (TPSA) is 47.1 Å². The molecule has 2 aromatic rings. The van der Waals surface area contributed by atoms with Crippen LogP contribution in [0.2, 0.25) is 0 Å². The van der Waals surface area contributed by atoms with Crippen molar-refractivity contribution < 1.29 is 0 Å². The number of rotatable bonds is 8. The van der Waals surface area contributed by atoms with E-state index in [4.69, 9.17) is 10.7 Å². The zero-order valence-corrected chi connectivity index (χ0v) is 13.5. The number of nitrogens with zero attached hydrogens (tertiary/aromatic N) is 3. The molecule has 116 valence electrons. The second kappa shape index (κ2) is 7.57. The monoisotopic (exact) mass is 288 g/mol. The molecule has 2 rings (SSSR count). The Labute approximate surface area is 128 Å². The van der Waals surface area contributed by atoms with E-state index < -0.39 is 0 Å². The molecule has 1 heterocycles. The number of nitrogens with two attached hydrogens (primary N) is 1. The molecule has 0 aliphatic heterocycles. The van der Waals surface area contributed by atoms with Gasteiger partial charge in [0.25, 0.3) is 0 Å². The van der Waals surface area contributed by atoms with Gasteiger partial charge in [0.15, 0.2) is 0 Å². The van der Waals surface area contributed by atoms with Gasteiger partial charge in [-0.05, 0) is 38.6 Å². The molecular weight excluding hydrogens is 260 g/mol. The third-order valence-electron chi connectivity index (χ3n) is 4.12. The number of para-hydroxylation sites is 2. The Morgan fingerprint density at radius 1 is 1.29 bits per heavy atom. The lowest BCUT2D eigenvalue weighted by molar-refractivity contribution is 0.222. The molecule has 0 aliphatic rings. The second-order valence-electron chi connectivity index (χ2n) is 5.66. The maximum Gasteiger partial charge on any atom is 0.127 e. The minimum Gasteiger partial charge on any atom is -0.329 e. The van der Waals surface area contributed by atoms with Gasteiger partial charge in [0.2, 0.25) is 0 Å². The fourth-order valence-corrected chi connectivity index (χ4v) is 2.97. The third kappa shape index (κ3) is 3.44. The van der Waals surface area contributed by atoms with Gasteiger partial charge in [-0.3, -0.25) is 4.90 Å². The normalized spacial score (nSPS) is 13.2. The molecular formula is C17H28N4. The van der Waals surface area contributed by atoms with E-state index >= 15 is 0 Å². The minimum atomic E-state index is 0.357. The van der Waals surface area contributed by atoms with Crippen LogP contribution in [0, 0.1) is 0 Å². The average molecular weight is 288 g/mol. The van der Waals surface area contributed by atoms with Crippen LogP contribution in [0.3, 0.4) is 0 Å². The number of unbranched alkanes of at least 4 members (excludes halogenated alkanes) is 1. The van der Waals surface area contributed by atoms with E-state index in [1.54, 1.807) is 0 Å². The van der Waals surface area contributed by atoms with E-state index in [9.17, 15) is 0 Å². The van der Waals surface area contributed by atoms with Crippen LogP contribution in [0.15, 0.2) is 24.3 Å². The lowest BCUT2D eigenvalue weighted by atomic mass is 10.1. The molecule has 1 aromatic carbocycles. The fraction of sp³-hybridized carbons (Fsp3) is 0.588. The summed E-state index contributed by atoms with van der Waals surface area (Å²) >= 11 is 0. The van der Waals surface area contributed by atoms with Crippen LogP contribution in [0.25, 0.3) is 11.0 Å². The van der Waals surface area contributed by atoms with Crippen LogP contribution < -0.4 is 5.73 Å². The summed E-state index contributed by atoms with van der Waals surface area (Å²) in [6.07, 6.45) is 3.51. The Morgan fingerprint density at radius 2 is 2.05 bits per heavy atom. The number of fused-ring (bicyclic) bond motifs is 1. The van der Waals surface area contributed by atoms with E-state index in [0.29, 0.717) is 12.6 Å². The Balaban J connectivity index is 2.39. The standard InChI is InChI=1S/C17H28N4/c1-4-6-12-20(3)15(5-2)17-19-14-9-7-8-10-16(14)21(17)13-11-18/h7-10,15H,4-6,11-13,18H2,1-3H3. The highest BCUT2D eigenvalue weighted by Gasteiger charge is 2.21. The molecule has 1 unspecified atom stereocenters. The number of benzene rings is 1. The number of imidazole rings is 1. The van der Waals surface area contributed by atoms with Crippen molar-refractivity contribution in [2.24, 2.45) is 5.73 Å². The molecule has 4 nitrogen and oxygen atoms in total. The molecule has 1 aromatic heterocycles. The molecule has 0 fully saturated rings. The fourth-order valence-electron chi connectivity index (χ4n) is 2.97. The number of hydrogen-bond donors (Lipinski definition) is 1. The zero-order valence-electron chi connectivity index (χ0n) is 13.5. The first-order valence-electron chi connectivity index (χ1n) is 8.08. The van der Waals surface area contributed by atoms with Crippen LogP contribution >= 0.6 is 0 Å². The van der Waals surface area contributed by atoms with Crippen molar-refractivity contribution in [2.45, 2.75) is 45.7 Å². The van der Waals surface area contributed by atoms with Crippen molar-refractivity contribution >= 4 is 11.0 Å². The van der Waals surface area contributed by atoms with Crippen LogP contribution in [0.4, 0.5) is 0 Å². The Morgan fingerprint density at radius 3 is 2.71 bits per heavy atom. The van der Waals surface area contributed by atoms with Gasteiger partial charge in [-0.15, -0.1) is 0 Å². The Bertz CT molecular complexity index is 561. The highest BCUT2D eigenvalue weighted by molar-refractivity contribution is 5.76. The summed E-state index contributed by atoms with van der Waals surface area (Å²) in [5, 5.41) is 0. The van der Waals surface area contributed by atoms with E-state index in [1.165, 1.54) is 18.4 Å². The van der Waals surface area contributed by atoms with E-state index in [0.717, 1.165) is 30.9 Å². The van der Waals surface area contributed by atoms with Gasteiger partial charge in [0.05, 0.1) is 17.1 Å². The highest BCUT2D eigenvalue weighted by Crippen LogP contribution is 2.26. The minimum absolute atomic E-state index is 0.357. The summed E-state index contributed by atoms with van der Waals surface area (Å²) in [4.78, 5) is 7.33. The maximum atomic E-state index is 5.82. The summed E-state index contributed by atoms with van der Waals surface area (Å²) in [5.74, 6) is 1.16. The van der Waals surface area contributed by atoms with Gasteiger partial charge in [0.1, 0.15) is 5.82 Å². The lowest BCUT2D eigenvalue weighted by Gasteiger charge is -2.27. The first kappa shape index (κ1) is 16.0. The molecule has 0 bridgehead atoms. The van der Waals surface area contributed by atoms with Crippen LogP contribution in [0.1, 0.15) is 45.0 Å². The van der Waals surface area contributed by atoms with Crippen LogP contribution in [0.5, 0.6) is 0 Å². The summed E-state index contributed by atoms with van der Waals surface area (Å²) < 4.78 is 2.30. The van der Waals surface area contributed by atoms with Gasteiger partial charge in [-0.2, -0.15) is 0 Å². The first-order valence-corrected chi connectivity index (χ1v) is 8.08. The second-order valence-corrected chi connectivity index (χ2v) is 5.66. The van der Waals surface area contributed by atoms with Crippen molar-refractivity contribution in [2.75, 3.05) is 20.1 Å². The third-order valence-corrected chi connectivity index (χ3v) is 4.12. The summed E-state index contributed by atoms with van der Waals surface area (Å²) in [7, 11) is 2.20. The highest BCUT2D eigenvalue weighted by atomic mass is 15.2. The summed E-state index contributed by atoms with van der Waals surface area (Å²) in [6.45, 7) is 7.05. The SMILES string of the molecule is CCCCN(C)C(CC)c1nc2ccccc2n1CCN. The van der Waals surface area contributed by atoms with E-state index in [1.807, 2.05) is 6.07 Å². The molecule has 0 saturated heterocycles.